The third-order valence-corrected chi connectivity index (χ3v) is 4.38. The highest BCUT2D eigenvalue weighted by Gasteiger charge is 2.21. The van der Waals surface area contributed by atoms with E-state index in [0.29, 0.717) is 18.3 Å². The van der Waals surface area contributed by atoms with Crippen LogP contribution in [0.25, 0.3) is 0 Å². The van der Waals surface area contributed by atoms with E-state index >= 15 is 0 Å². The lowest BCUT2D eigenvalue weighted by molar-refractivity contribution is 0.173. The number of carbonyl (C=O) groups excluding carboxylic acids is 1. The minimum Gasteiger partial charge on any atom is -0.375 e. The normalized spacial score (nSPS) is 15.5. The van der Waals surface area contributed by atoms with Crippen molar-refractivity contribution >= 4 is 11.7 Å². The summed E-state index contributed by atoms with van der Waals surface area (Å²) in [5.74, 6) is -0.266. The van der Waals surface area contributed by atoms with Crippen molar-refractivity contribution in [3.05, 3.63) is 29.6 Å². The van der Waals surface area contributed by atoms with E-state index in [1.54, 1.807) is 30.0 Å². The maximum atomic E-state index is 13.9. The fourth-order valence-electron chi connectivity index (χ4n) is 2.96. The first kappa shape index (κ1) is 16.6. The van der Waals surface area contributed by atoms with E-state index in [4.69, 9.17) is 0 Å². The molecule has 2 rings (SSSR count). The van der Waals surface area contributed by atoms with Crippen molar-refractivity contribution in [3.63, 3.8) is 0 Å². The van der Waals surface area contributed by atoms with E-state index in [2.05, 4.69) is 5.32 Å². The second kappa shape index (κ2) is 7.47. The number of anilines is 1. The summed E-state index contributed by atoms with van der Waals surface area (Å²) in [5, 5.41) is 2.88. The van der Waals surface area contributed by atoms with Crippen LogP contribution in [0.1, 0.15) is 37.7 Å². The summed E-state index contributed by atoms with van der Waals surface area (Å²) in [6.07, 6.45) is 5.81. The van der Waals surface area contributed by atoms with Gasteiger partial charge in [0.25, 0.3) is 0 Å². The van der Waals surface area contributed by atoms with Gasteiger partial charge in [-0.15, -0.1) is 0 Å². The zero-order valence-electron chi connectivity index (χ0n) is 13.7. The van der Waals surface area contributed by atoms with E-state index in [1.807, 2.05) is 13.1 Å². The van der Waals surface area contributed by atoms with Crippen molar-refractivity contribution in [2.75, 3.05) is 26.0 Å². The van der Waals surface area contributed by atoms with Crippen LogP contribution in [0.3, 0.4) is 0 Å². The number of hydrogen-bond donors (Lipinski definition) is 1. The van der Waals surface area contributed by atoms with Gasteiger partial charge in [0.15, 0.2) is 0 Å². The lowest BCUT2D eigenvalue weighted by Gasteiger charge is -2.31. The first-order chi connectivity index (χ1) is 10.5. The van der Waals surface area contributed by atoms with Gasteiger partial charge < -0.3 is 15.1 Å². The molecular formula is C17H26FN3O. The molecule has 122 valence electrons. The first-order valence-corrected chi connectivity index (χ1v) is 7.95. The zero-order valence-corrected chi connectivity index (χ0v) is 13.7. The monoisotopic (exact) mass is 307 g/mol. The van der Waals surface area contributed by atoms with Gasteiger partial charge in [-0.05, 0) is 30.5 Å². The Hall–Kier alpha value is -1.78. The predicted molar refractivity (Wildman–Crippen MR) is 87.6 cm³/mol. The van der Waals surface area contributed by atoms with Crippen molar-refractivity contribution in [1.29, 1.82) is 0 Å². The standard InChI is InChI=1S/C17H26FN3O/c1-20(2)16-10-9-13(11-15(16)18)12-19-17(22)21(3)14-7-5-4-6-8-14/h9-11,14H,4-8,12H2,1-3H3,(H,19,22). The van der Waals surface area contributed by atoms with Crippen LogP contribution in [-0.4, -0.2) is 38.1 Å². The Kier molecular flexibility index (Phi) is 5.63. The molecule has 1 aliphatic carbocycles. The SMILES string of the molecule is CN(C)c1ccc(CNC(=O)N(C)C2CCCCC2)cc1F. The molecule has 1 aliphatic rings. The average Bonchev–Trinajstić information content (AvgIpc) is 2.52. The van der Waals surface area contributed by atoms with Crippen molar-refractivity contribution in [2.24, 2.45) is 0 Å². The van der Waals surface area contributed by atoms with Crippen LogP contribution < -0.4 is 10.2 Å². The maximum Gasteiger partial charge on any atom is 0.317 e. The van der Waals surface area contributed by atoms with Crippen molar-refractivity contribution in [3.8, 4) is 0 Å². The number of carbonyl (C=O) groups is 1. The molecule has 1 aromatic carbocycles. The van der Waals surface area contributed by atoms with Gasteiger partial charge in [-0.1, -0.05) is 25.3 Å². The van der Waals surface area contributed by atoms with Gasteiger partial charge in [0.2, 0.25) is 0 Å². The number of benzene rings is 1. The van der Waals surface area contributed by atoms with Gasteiger partial charge in [0, 0.05) is 33.7 Å². The second-order valence-electron chi connectivity index (χ2n) is 6.24. The quantitative estimate of drug-likeness (QED) is 0.926. The van der Waals surface area contributed by atoms with Gasteiger partial charge in [0.1, 0.15) is 5.82 Å². The molecule has 0 atom stereocenters. The van der Waals surface area contributed by atoms with Crippen LogP contribution >= 0.6 is 0 Å². The fourth-order valence-corrected chi connectivity index (χ4v) is 2.96. The summed E-state index contributed by atoms with van der Waals surface area (Å²) in [4.78, 5) is 15.7. The van der Waals surface area contributed by atoms with E-state index in [-0.39, 0.29) is 11.8 Å². The van der Waals surface area contributed by atoms with Crippen molar-refractivity contribution in [1.82, 2.24) is 10.2 Å². The highest BCUT2D eigenvalue weighted by molar-refractivity contribution is 5.74. The second-order valence-corrected chi connectivity index (χ2v) is 6.24. The van der Waals surface area contributed by atoms with Gasteiger partial charge in [-0.2, -0.15) is 0 Å². The van der Waals surface area contributed by atoms with Gasteiger partial charge in [0.05, 0.1) is 5.69 Å². The molecule has 1 aromatic rings. The number of rotatable bonds is 4. The summed E-state index contributed by atoms with van der Waals surface area (Å²) in [6.45, 7) is 0.348. The Morgan fingerprint density at radius 2 is 1.91 bits per heavy atom. The summed E-state index contributed by atoms with van der Waals surface area (Å²) >= 11 is 0. The van der Waals surface area contributed by atoms with Crippen LogP contribution in [0, 0.1) is 5.82 Å². The number of urea groups is 1. The van der Waals surface area contributed by atoms with Crippen molar-refractivity contribution < 1.29 is 9.18 Å². The molecule has 0 radical (unpaired) electrons. The summed E-state index contributed by atoms with van der Waals surface area (Å²) in [6, 6.07) is 5.32. The minimum atomic E-state index is -0.266. The largest absolute Gasteiger partial charge is 0.375 e. The van der Waals surface area contributed by atoms with Gasteiger partial charge in [-0.25, -0.2) is 9.18 Å². The van der Waals surface area contributed by atoms with Crippen LogP contribution in [0.5, 0.6) is 0 Å². The molecule has 0 aliphatic heterocycles. The topological polar surface area (TPSA) is 35.6 Å². The summed E-state index contributed by atoms with van der Waals surface area (Å²) in [5.41, 5.74) is 1.32. The molecule has 0 bridgehead atoms. The first-order valence-electron chi connectivity index (χ1n) is 7.95. The molecule has 2 amide bonds. The highest BCUT2D eigenvalue weighted by atomic mass is 19.1. The Labute approximate surface area is 132 Å². The van der Waals surface area contributed by atoms with E-state index < -0.39 is 0 Å². The number of hydrogen-bond acceptors (Lipinski definition) is 2. The van der Waals surface area contributed by atoms with Crippen molar-refractivity contribution in [2.45, 2.75) is 44.7 Å². The summed E-state index contributed by atoms with van der Waals surface area (Å²) in [7, 11) is 5.46. The van der Waals surface area contributed by atoms with E-state index in [9.17, 15) is 9.18 Å². The number of halogens is 1. The van der Waals surface area contributed by atoms with Crippen LogP contribution in [0.15, 0.2) is 18.2 Å². The molecule has 1 fully saturated rings. The fraction of sp³-hybridized carbons (Fsp3) is 0.588. The van der Waals surface area contributed by atoms with Gasteiger partial charge in [-0.3, -0.25) is 0 Å². The Bertz CT molecular complexity index is 513. The highest BCUT2D eigenvalue weighted by Crippen LogP contribution is 2.22. The van der Waals surface area contributed by atoms with Gasteiger partial charge >= 0.3 is 6.03 Å². The molecule has 4 nitrogen and oxygen atoms in total. The Morgan fingerprint density at radius 3 is 2.50 bits per heavy atom. The Morgan fingerprint density at radius 1 is 1.23 bits per heavy atom. The molecule has 0 aromatic heterocycles. The molecule has 0 heterocycles. The lowest BCUT2D eigenvalue weighted by atomic mass is 9.95. The molecule has 0 saturated heterocycles. The van der Waals surface area contributed by atoms with Crippen LogP contribution in [-0.2, 0) is 6.54 Å². The van der Waals surface area contributed by atoms with Crippen LogP contribution in [0.2, 0.25) is 0 Å². The minimum absolute atomic E-state index is 0.0796. The average molecular weight is 307 g/mol. The predicted octanol–water partition coefficient (Wildman–Crippen LogP) is 3.37. The lowest BCUT2D eigenvalue weighted by Crippen LogP contribution is -2.44. The molecule has 0 spiro atoms. The number of nitrogens with zero attached hydrogens (tertiary/aromatic N) is 2. The Balaban J connectivity index is 1.89. The molecule has 1 N–H and O–H groups in total. The summed E-state index contributed by atoms with van der Waals surface area (Å²) < 4.78 is 13.9. The molecular weight excluding hydrogens is 281 g/mol. The molecule has 5 heteroatoms. The smallest absolute Gasteiger partial charge is 0.317 e. The molecule has 22 heavy (non-hydrogen) atoms. The zero-order chi connectivity index (χ0) is 16.1. The van der Waals surface area contributed by atoms with Crippen LogP contribution in [0.4, 0.5) is 14.9 Å². The van der Waals surface area contributed by atoms with E-state index in [1.165, 1.54) is 25.3 Å². The molecule has 1 saturated carbocycles. The number of amides is 2. The van der Waals surface area contributed by atoms with E-state index in [0.717, 1.165) is 18.4 Å². The third-order valence-electron chi connectivity index (χ3n) is 4.38. The third kappa shape index (κ3) is 4.12. The number of nitrogens with one attached hydrogen (secondary N) is 1. The molecule has 0 unspecified atom stereocenters. The maximum absolute atomic E-state index is 13.9.